The zero-order valence-electron chi connectivity index (χ0n) is 16.1. The van der Waals surface area contributed by atoms with Crippen LogP contribution in [-0.4, -0.2) is 30.3 Å². The minimum atomic E-state index is -0.167. The van der Waals surface area contributed by atoms with E-state index in [1.54, 1.807) is 6.20 Å². The van der Waals surface area contributed by atoms with Gasteiger partial charge < -0.3 is 20.1 Å². The second-order valence-corrected chi connectivity index (χ2v) is 7.43. The second-order valence-electron chi connectivity index (χ2n) is 7.43. The van der Waals surface area contributed by atoms with Crippen LogP contribution < -0.4 is 20.1 Å². The molecule has 2 heterocycles. The largest absolute Gasteiger partial charge is 0.493 e. The Morgan fingerprint density at radius 3 is 2.93 bits per heavy atom. The van der Waals surface area contributed by atoms with Gasteiger partial charge in [0.15, 0.2) is 0 Å². The Morgan fingerprint density at radius 1 is 1.14 bits per heavy atom. The highest BCUT2D eigenvalue weighted by Gasteiger charge is 2.17. The molecule has 1 aliphatic carbocycles. The van der Waals surface area contributed by atoms with Crippen LogP contribution >= 0.6 is 0 Å². The van der Waals surface area contributed by atoms with Crippen LogP contribution in [0, 0.1) is 0 Å². The Balaban J connectivity index is 1.19. The summed E-state index contributed by atoms with van der Waals surface area (Å²) in [5.74, 6) is 1.63. The Labute approximate surface area is 165 Å². The van der Waals surface area contributed by atoms with Crippen LogP contribution in [0.15, 0.2) is 36.5 Å². The predicted octanol–water partition coefficient (Wildman–Crippen LogP) is 3.38. The van der Waals surface area contributed by atoms with E-state index in [1.807, 2.05) is 18.2 Å². The summed E-state index contributed by atoms with van der Waals surface area (Å²) >= 11 is 0. The van der Waals surface area contributed by atoms with E-state index in [2.05, 4.69) is 27.8 Å². The molecule has 1 aromatic heterocycles. The number of ether oxygens (including phenoxy) is 2. The van der Waals surface area contributed by atoms with Crippen LogP contribution in [0.4, 0.5) is 4.79 Å². The fourth-order valence-corrected chi connectivity index (χ4v) is 3.76. The highest BCUT2D eigenvalue weighted by Crippen LogP contribution is 2.26. The Morgan fingerprint density at radius 2 is 2.04 bits per heavy atom. The summed E-state index contributed by atoms with van der Waals surface area (Å²) < 4.78 is 11.4. The normalized spacial score (nSPS) is 15.7. The molecular formula is C22H27N3O3. The SMILES string of the molecule is O=C(NCCc1ccc2c(c1)CCO2)NCc1ccnc(OC2CCCC2)c1. The van der Waals surface area contributed by atoms with Crippen molar-refractivity contribution in [3.63, 3.8) is 0 Å². The van der Waals surface area contributed by atoms with Gasteiger partial charge in [-0.2, -0.15) is 0 Å². The number of amides is 2. The molecule has 4 rings (SSSR count). The van der Waals surface area contributed by atoms with Gasteiger partial charge in [0.2, 0.25) is 5.88 Å². The van der Waals surface area contributed by atoms with Gasteiger partial charge >= 0.3 is 6.03 Å². The van der Waals surface area contributed by atoms with Gasteiger partial charge in [0.05, 0.1) is 6.61 Å². The van der Waals surface area contributed by atoms with Gasteiger partial charge in [0.25, 0.3) is 0 Å². The number of fused-ring (bicyclic) bond motifs is 1. The van der Waals surface area contributed by atoms with E-state index < -0.39 is 0 Å². The van der Waals surface area contributed by atoms with Crippen molar-refractivity contribution in [2.75, 3.05) is 13.2 Å². The summed E-state index contributed by atoms with van der Waals surface area (Å²) in [5.41, 5.74) is 3.46. The minimum Gasteiger partial charge on any atom is -0.493 e. The number of hydrogen-bond acceptors (Lipinski definition) is 4. The highest BCUT2D eigenvalue weighted by molar-refractivity contribution is 5.73. The number of nitrogens with one attached hydrogen (secondary N) is 2. The first-order valence-electron chi connectivity index (χ1n) is 10.1. The van der Waals surface area contributed by atoms with Crippen molar-refractivity contribution in [1.29, 1.82) is 0 Å². The zero-order chi connectivity index (χ0) is 19.2. The van der Waals surface area contributed by atoms with Crippen molar-refractivity contribution in [3.05, 3.63) is 53.2 Å². The number of carbonyl (C=O) groups is 1. The topological polar surface area (TPSA) is 72.5 Å². The van der Waals surface area contributed by atoms with Gasteiger partial charge in [0.1, 0.15) is 11.9 Å². The van der Waals surface area contributed by atoms with Gasteiger partial charge in [-0.05, 0) is 60.9 Å². The molecule has 1 aromatic carbocycles. The van der Waals surface area contributed by atoms with E-state index >= 15 is 0 Å². The van der Waals surface area contributed by atoms with Crippen molar-refractivity contribution >= 4 is 6.03 Å². The minimum absolute atomic E-state index is 0.167. The Kier molecular flexibility index (Phi) is 5.95. The van der Waals surface area contributed by atoms with Crippen LogP contribution in [0.2, 0.25) is 0 Å². The first-order chi connectivity index (χ1) is 13.8. The molecule has 148 valence electrons. The molecule has 2 aromatic rings. The van der Waals surface area contributed by atoms with Crippen LogP contribution in [0.5, 0.6) is 11.6 Å². The van der Waals surface area contributed by atoms with Gasteiger partial charge in [0, 0.05) is 31.8 Å². The summed E-state index contributed by atoms with van der Waals surface area (Å²) in [4.78, 5) is 16.3. The molecule has 0 spiro atoms. The van der Waals surface area contributed by atoms with Crippen LogP contribution in [0.3, 0.4) is 0 Å². The van der Waals surface area contributed by atoms with Crippen molar-refractivity contribution in [3.8, 4) is 11.6 Å². The summed E-state index contributed by atoms with van der Waals surface area (Å²) in [6.07, 6.45) is 8.44. The molecule has 0 saturated heterocycles. The third kappa shape index (κ3) is 4.94. The van der Waals surface area contributed by atoms with Crippen LogP contribution in [-0.2, 0) is 19.4 Å². The maximum absolute atomic E-state index is 12.1. The average molecular weight is 381 g/mol. The monoisotopic (exact) mass is 381 g/mol. The number of hydrogen-bond donors (Lipinski definition) is 2. The second kappa shape index (κ2) is 8.95. The molecule has 0 unspecified atom stereocenters. The predicted molar refractivity (Wildman–Crippen MR) is 107 cm³/mol. The standard InChI is InChI=1S/C22H27N3O3/c26-22(24-11-7-16-5-6-20-18(13-16)9-12-27-20)25-15-17-8-10-23-21(14-17)28-19-3-1-2-4-19/h5-6,8,10,13-14,19H,1-4,7,9,11-12,15H2,(H2,24,25,26). The number of benzene rings is 1. The summed E-state index contributed by atoms with van der Waals surface area (Å²) in [5, 5.41) is 5.81. The fourth-order valence-electron chi connectivity index (χ4n) is 3.76. The van der Waals surface area contributed by atoms with Crippen molar-refractivity contribution in [1.82, 2.24) is 15.6 Å². The Bertz CT molecular complexity index is 818. The van der Waals surface area contributed by atoms with E-state index in [0.29, 0.717) is 19.0 Å². The molecule has 1 fully saturated rings. The lowest BCUT2D eigenvalue weighted by Gasteiger charge is -2.13. The van der Waals surface area contributed by atoms with E-state index in [0.717, 1.165) is 43.6 Å². The molecule has 0 atom stereocenters. The Hall–Kier alpha value is -2.76. The summed E-state index contributed by atoms with van der Waals surface area (Å²) in [6, 6.07) is 9.89. The van der Waals surface area contributed by atoms with Gasteiger partial charge in [-0.1, -0.05) is 12.1 Å². The molecule has 2 amide bonds. The van der Waals surface area contributed by atoms with Crippen LogP contribution in [0.1, 0.15) is 42.4 Å². The molecule has 1 saturated carbocycles. The molecule has 1 aliphatic heterocycles. The van der Waals surface area contributed by atoms with Crippen molar-refractivity contribution in [2.24, 2.45) is 0 Å². The molecule has 2 N–H and O–H groups in total. The van der Waals surface area contributed by atoms with Gasteiger partial charge in [-0.3, -0.25) is 0 Å². The van der Waals surface area contributed by atoms with E-state index in [9.17, 15) is 4.79 Å². The lowest BCUT2D eigenvalue weighted by atomic mass is 10.1. The zero-order valence-corrected chi connectivity index (χ0v) is 16.1. The fraction of sp³-hybridized carbons (Fsp3) is 0.455. The van der Waals surface area contributed by atoms with Gasteiger partial charge in [-0.15, -0.1) is 0 Å². The molecule has 0 radical (unpaired) electrons. The van der Waals surface area contributed by atoms with Crippen LogP contribution in [0.25, 0.3) is 0 Å². The molecule has 6 nitrogen and oxygen atoms in total. The summed E-state index contributed by atoms with van der Waals surface area (Å²) in [6.45, 7) is 1.81. The lowest BCUT2D eigenvalue weighted by molar-refractivity contribution is 0.201. The summed E-state index contributed by atoms with van der Waals surface area (Å²) in [7, 11) is 0. The van der Waals surface area contributed by atoms with E-state index in [4.69, 9.17) is 9.47 Å². The van der Waals surface area contributed by atoms with Crippen molar-refractivity contribution in [2.45, 2.75) is 51.2 Å². The maximum atomic E-state index is 12.1. The quantitative estimate of drug-likeness (QED) is 0.771. The molecule has 2 aliphatic rings. The number of urea groups is 1. The number of pyridine rings is 1. The van der Waals surface area contributed by atoms with Gasteiger partial charge in [-0.25, -0.2) is 9.78 Å². The number of carbonyl (C=O) groups excluding carboxylic acids is 1. The molecule has 0 bridgehead atoms. The number of nitrogens with zero attached hydrogens (tertiary/aromatic N) is 1. The lowest BCUT2D eigenvalue weighted by Crippen LogP contribution is -2.36. The van der Waals surface area contributed by atoms with E-state index in [-0.39, 0.29) is 12.1 Å². The molecule has 28 heavy (non-hydrogen) atoms. The third-order valence-corrected chi connectivity index (χ3v) is 5.30. The van der Waals surface area contributed by atoms with E-state index in [1.165, 1.54) is 24.0 Å². The van der Waals surface area contributed by atoms with Crippen molar-refractivity contribution < 1.29 is 14.3 Å². The number of rotatable bonds is 7. The first-order valence-corrected chi connectivity index (χ1v) is 10.1. The maximum Gasteiger partial charge on any atom is 0.315 e. The highest BCUT2D eigenvalue weighted by atomic mass is 16.5. The average Bonchev–Trinajstić information content (AvgIpc) is 3.38. The molecular weight excluding hydrogens is 354 g/mol. The smallest absolute Gasteiger partial charge is 0.315 e. The third-order valence-electron chi connectivity index (χ3n) is 5.30. The first kappa shape index (κ1) is 18.6. The molecule has 6 heteroatoms. The number of aromatic nitrogens is 1.